The maximum Gasteiger partial charge on any atom is 0.241 e. The molecule has 2 aliphatic heterocycles. The Morgan fingerprint density at radius 3 is 2.19 bits per heavy atom. The molecular weight excluding hydrogens is 402 g/mol. The molecule has 0 radical (unpaired) electrons. The van der Waals surface area contributed by atoms with Gasteiger partial charge in [0.15, 0.2) is 0 Å². The first-order valence-corrected chi connectivity index (χ1v) is 11.4. The summed E-state index contributed by atoms with van der Waals surface area (Å²) in [6, 6.07) is 17.8. The average molecular weight is 434 g/mol. The number of carbonyl (C=O) groups is 1. The molecule has 0 aliphatic carbocycles. The largest absolute Gasteiger partial charge is 0.378 e. The first kappa shape index (κ1) is 22.1. The van der Waals surface area contributed by atoms with Crippen molar-refractivity contribution in [2.45, 2.75) is 19.4 Å². The Bertz CT molecular complexity index is 932. The van der Waals surface area contributed by atoms with Crippen LogP contribution in [0.2, 0.25) is 0 Å². The van der Waals surface area contributed by atoms with Crippen molar-refractivity contribution in [1.29, 1.82) is 5.26 Å². The van der Waals surface area contributed by atoms with Gasteiger partial charge in [0.1, 0.15) is 0 Å². The van der Waals surface area contributed by atoms with Crippen molar-refractivity contribution in [3.8, 4) is 6.07 Å². The molecule has 2 fully saturated rings. The van der Waals surface area contributed by atoms with Crippen LogP contribution in [0.15, 0.2) is 48.5 Å². The Hall–Kier alpha value is -3.08. The van der Waals surface area contributed by atoms with E-state index in [1.54, 1.807) is 0 Å². The topological polar surface area (TPSA) is 71.8 Å². The molecule has 2 saturated heterocycles. The summed E-state index contributed by atoms with van der Waals surface area (Å²) in [6.45, 7) is 8.81. The summed E-state index contributed by atoms with van der Waals surface area (Å²) < 4.78 is 5.41. The monoisotopic (exact) mass is 433 g/mol. The van der Waals surface area contributed by atoms with Gasteiger partial charge in [-0.1, -0.05) is 0 Å². The minimum Gasteiger partial charge on any atom is -0.378 e. The second-order valence-electron chi connectivity index (χ2n) is 8.35. The Labute approximate surface area is 190 Å². The zero-order valence-corrected chi connectivity index (χ0v) is 18.7. The lowest BCUT2D eigenvalue weighted by Gasteiger charge is -2.29. The molecule has 1 atom stereocenters. The molecule has 0 spiro atoms. The van der Waals surface area contributed by atoms with Crippen LogP contribution in [-0.2, 0) is 9.53 Å². The van der Waals surface area contributed by atoms with Gasteiger partial charge in [-0.3, -0.25) is 9.69 Å². The van der Waals surface area contributed by atoms with Gasteiger partial charge in [-0.15, -0.1) is 0 Å². The van der Waals surface area contributed by atoms with Crippen LogP contribution in [0, 0.1) is 11.3 Å². The molecule has 0 aromatic heterocycles. The SMILES string of the molecule is CC(C(=O)Nc1ccc(N2CCOCC2)cc1)N1CCCN(c2ccc(C#N)cc2)CC1. The third kappa shape index (κ3) is 5.39. The Kier molecular flexibility index (Phi) is 7.25. The molecule has 1 amide bonds. The van der Waals surface area contributed by atoms with Crippen LogP contribution in [0.25, 0.3) is 0 Å². The van der Waals surface area contributed by atoms with Crippen LogP contribution in [0.3, 0.4) is 0 Å². The minimum absolute atomic E-state index is 0.0240. The van der Waals surface area contributed by atoms with Gasteiger partial charge in [0.25, 0.3) is 0 Å². The van der Waals surface area contributed by atoms with Crippen molar-refractivity contribution < 1.29 is 9.53 Å². The molecular formula is C25H31N5O2. The lowest BCUT2D eigenvalue weighted by Crippen LogP contribution is -2.44. The van der Waals surface area contributed by atoms with Gasteiger partial charge in [0.2, 0.25) is 5.91 Å². The van der Waals surface area contributed by atoms with Crippen LogP contribution < -0.4 is 15.1 Å². The van der Waals surface area contributed by atoms with Gasteiger partial charge in [-0.2, -0.15) is 5.26 Å². The van der Waals surface area contributed by atoms with Gasteiger partial charge in [-0.05, 0) is 61.9 Å². The third-order valence-corrected chi connectivity index (χ3v) is 6.33. The molecule has 2 aromatic carbocycles. The van der Waals surface area contributed by atoms with Crippen LogP contribution in [0.5, 0.6) is 0 Å². The number of ether oxygens (including phenoxy) is 1. The molecule has 1 N–H and O–H groups in total. The highest BCUT2D eigenvalue weighted by Gasteiger charge is 2.24. The molecule has 2 aromatic rings. The van der Waals surface area contributed by atoms with Crippen molar-refractivity contribution in [3.05, 3.63) is 54.1 Å². The standard InChI is InChI=1S/C25H31N5O2/c1-20(25(31)27-22-5-9-24(10-6-22)30-15-17-32-18-16-30)28-11-2-12-29(14-13-28)23-7-3-21(19-26)4-8-23/h3-10,20H,2,11-18H2,1H3,(H,27,31). The fraction of sp³-hybridized carbons (Fsp3) is 0.440. The number of anilines is 3. The van der Waals surface area contributed by atoms with Gasteiger partial charge >= 0.3 is 0 Å². The average Bonchev–Trinajstić information content (AvgIpc) is 3.11. The van der Waals surface area contributed by atoms with Gasteiger partial charge in [0.05, 0.1) is 30.9 Å². The minimum atomic E-state index is -0.199. The summed E-state index contributed by atoms with van der Waals surface area (Å²) in [5.74, 6) is 0.0240. The number of rotatable bonds is 5. The predicted octanol–water partition coefficient (Wildman–Crippen LogP) is 2.93. The van der Waals surface area contributed by atoms with Crippen molar-refractivity contribution in [3.63, 3.8) is 0 Å². The number of amides is 1. The number of benzene rings is 2. The second kappa shape index (κ2) is 10.5. The number of hydrogen-bond donors (Lipinski definition) is 1. The van der Waals surface area contributed by atoms with Crippen LogP contribution in [0.4, 0.5) is 17.1 Å². The maximum atomic E-state index is 12.9. The normalized spacial score (nSPS) is 18.5. The van der Waals surface area contributed by atoms with Crippen LogP contribution >= 0.6 is 0 Å². The lowest BCUT2D eigenvalue weighted by atomic mass is 10.2. The smallest absolute Gasteiger partial charge is 0.241 e. The van der Waals surface area contributed by atoms with E-state index in [2.05, 4.69) is 38.2 Å². The van der Waals surface area contributed by atoms with E-state index in [1.807, 2.05) is 43.3 Å². The number of nitriles is 1. The third-order valence-electron chi connectivity index (χ3n) is 6.33. The van der Waals surface area contributed by atoms with E-state index in [0.29, 0.717) is 5.56 Å². The first-order valence-electron chi connectivity index (χ1n) is 11.4. The number of hydrogen-bond acceptors (Lipinski definition) is 6. The fourth-order valence-electron chi connectivity index (χ4n) is 4.32. The van der Waals surface area contributed by atoms with E-state index < -0.39 is 0 Å². The molecule has 0 bridgehead atoms. The molecule has 0 saturated carbocycles. The highest BCUT2D eigenvalue weighted by atomic mass is 16.5. The van der Waals surface area contributed by atoms with Crippen molar-refractivity contribution in [2.24, 2.45) is 0 Å². The predicted molar refractivity (Wildman–Crippen MR) is 127 cm³/mol. The lowest BCUT2D eigenvalue weighted by molar-refractivity contribution is -0.120. The maximum absolute atomic E-state index is 12.9. The number of morpholine rings is 1. The zero-order chi connectivity index (χ0) is 22.3. The summed E-state index contributed by atoms with van der Waals surface area (Å²) in [5, 5.41) is 12.1. The fourth-order valence-corrected chi connectivity index (χ4v) is 4.32. The Balaban J connectivity index is 1.31. The molecule has 168 valence electrons. The van der Waals surface area contributed by atoms with Crippen molar-refractivity contribution in [1.82, 2.24) is 4.90 Å². The first-order chi connectivity index (χ1) is 15.6. The van der Waals surface area contributed by atoms with E-state index in [0.717, 1.165) is 76.0 Å². The number of carbonyl (C=O) groups excluding carboxylic acids is 1. The molecule has 2 aliphatic rings. The second-order valence-corrected chi connectivity index (χ2v) is 8.35. The Morgan fingerprint density at radius 1 is 0.906 bits per heavy atom. The number of nitrogens with zero attached hydrogens (tertiary/aromatic N) is 4. The molecule has 1 unspecified atom stereocenters. The highest BCUT2D eigenvalue weighted by Crippen LogP contribution is 2.21. The summed E-state index contributed by atoms with van der Waals surface area (Å²) in [5.41, 5.74) is 3.79. The van der Waals surface area contributed by atoms with Crippen molar-refractivity contribution in [2.75, 3.05) is 67.6 Å². The quantitative estimate of drug-likeness (QED) is 0.782. The molecule has 7 nitrogen and oxygen atoms in total. The van der Waals surface area contributed by atoms with E-state index in [1.165, 1.54) is 0 Å². The molecule has 2 heterocycles. The summed E-state index contributed by atoms with van der Waals surface area (Å²) in [7, 11) is 0. The Morgan fingerprint density at radius 2 is 1.53 bits per heavy atom. The summed E-state index contributed by atoms with van der Waals surface area (Å²) in [4.78, 5) is 19.8. The zero-order valence-electron chi connectivity index (χ0n) is 18.7. The van der Waals surface area contributed by atoms with E-state index in [9.17, 15) is 4.79 Å². The van der Waals surface area contributed by atoms with E-state index in [-0.39, 0.29) is 11.9 Å². The summed E-state index contributed by atoms with van der Waals surface area (Å²) in [6.07, 6.45) is 0.992. The van der Waals surface area contributed by atoms with E-state index >= 15 is 0 Å². The van der Waals surface area contributed by atoms with Gasteiger partial charge in [-0.25, -0.2) is 0 Å². The van der Waals surface area contributed by atoms with E-state index in [4.69, 9.17) is 10.00 Å². The van der Waals surface area contributed by atoms with Gasteiger partial charge in [0, 0.05) is 56.3 Å². The molecule has 32 heavy (non-hydrogen) atoms. The molecule has 4 rings (SSSR count). The molecule has 7 heteroatoms. The van der Waals surface area contributed by atoms with Crippen LogP contribution in [-0.4, -0.2) is 69.3 Å². The summed E-state index contributed by atoms with van der Waals surface area (Å²) >= 11 is 0. The van der Waals surface area contributed by atoms with Crippen LogP contribution in [0.1, 0.15) is 18.9 Å². The van der Waals surface area contributed by atoms with Crippen molar-refractivity contribution >= 4 is 23.0 Å². The highest BCUT2D eigenvalue weighted by molar-refractivity contribution is 5.94. The number of nitrogens with one attached hydrogen (secondary N) is 1. The van der Waals surface area contributed by atoms with Gasteiger partial charge < -0.3 is 19.9 Å².